The monoisotopic (exact) mass is 632 g/mol. The van der Waals surface area contributed by atoms with E-state index in [1.807, 2.05) is 6.92 Å². The molecule has 11 nitrogen and oxygen atoms in total. The number of benzene rings is 2. The number of aliphatic hydroxyl groups excluding tert-OH is 1. The van der Waals surface area contributed by atoms with E-state index in [4.69, 9.17) is 0 Å². The fraction of sp³-hybridized carbons (Fsp3) is 0.400. The molecule has 0 saturated carbocycles. The van der Waals surface area contributed by atoms with Gasteiger partial charge in [0.15, 0.2) is 0 Å². The second-order valence-electron chi connectivity index (χ2n) is 10.3. The highest BCUT2D eigenvalue weighted by atomic mass is 32.2. The zero-order valence-electron chi connectivity index (χ0n) is 24.8. The molecule has 2 atom stereocenters. The lowest BCUT2D eigenvalue weighted by molar-refractivity contribution is -0.124. The maximum Gasteiger partial charge on any atom is 0.255 e. The quantitative estimate of drug-likeness (QED) is 0.377. The smallest absolute Gasteiger partial charge is 0.255 e. The zero-order chi connectivity index (χ0) is 31.9. The Morgan fingerprint density at radius 3 is 1.49 bits per heavy atom. The third kappa shape index (κ3) is 7.60. The second-order valence-corrected chi connectivity index (χ2v) is 14.4. The van der Waals surface area contributed by atoms with Crippen molar-refractivity contribution < 1.29 is 31.5 Å². The number of sulfonamides is 2. The van der Waals surface area contributed by atoms with E-state index >= 15 is 0 Å². The minimum atomic E-state index is -3.56. The van der Waals surface area contributed by atoms with E-state index < -0.39 is 26.2 Å². The first-order valence-electron chi connectivity index (χ1n) is 13.9. The number of aliphatic hydroxyl groups is 1. The number of hydrogen-bond acceptors (Lipinski definition) is 7. The molecule has 1 N–H and O–H groups in total. The minimum Gasteiger partial charge on any atom is -0.383 e. The van der Waals surface area contributed by atoms with E-state index in [1.54, 1.807) is 47.4 Å². The van der Waals surface area contributed by atoms with E-state index in [-0.39, 0.29) is 40.6 Å². The van der Waals surface area contributed by atoms with Crippen molar-refractivity contribution in [2.24, 2.45) is 5.92 Å². The number of likely N-dealkylation sites (N-methyl/N-ethyl adjacent to an activating group) is 2. The third-order valence-corrected chi connectivity index (χ3v) is 11.1. The molecule has 2 heterocycles. The van der Waals surface area contributed by atoms with Gasteiger partial charge in [-0.3, -0.25) is 9.59 Å². The summed E-state index contributed by atoms with van der Waals surface area (Å²) >= 11 is 0. The van der Waals surface area contributed by atoms with Crippen molar-refractivity contribution in [1.82, 2.24) is 8.61 Å². The Labute approximate surface area is 254 Å². The molecule has 4 rings (SSSR count). The van der Waals surface area contributed by atoms with E-state index in [9.17, 15) is 31.5 Å². The average Bonchev–Trinajstić information content (AvgIpc) is 3.54. The van der Waals surface area contributed by atoms with Crippen molar-refractivity contribution in [3.8, 4) is 0 Å². The maximum absolute atomic E-state index is 12.3. The van der Waals surface area contributed by atoms with Gasteiger partial charge in [0.25, 0.3) is 5.91 Å². The van der Waals surface area contributed by atoms with Gasteiger partial charge in [-0.05, 0) is 61.4 Å². The largest absolute Gasteiger partial charge is 0.383 e. The number of carbonyl (C=O) groups excluding carboxylic acids is 2. The molecule has 2 aromatic rings. The highest BCUT2D eigenvalue weighted by Gasteiger charge is 2.32. The first-order chi connectivity index (χ1) is 20.3. The molecule has 0 spiro atoms. The average molecular weight is 633 g/mol. The number of nitrogens with zero attached hydrogens (tertiary/aromatic N) is 4. The Morgan fingerprint density at radius 2 is 1.16 bits per heavy atom. The van der Waals surface area contributed by atoms with Crippen molar-refractivity contribution >= 4 is 43.2 Å². The lowest BCUT2D eigenvalue weighted by Gasteiger charge is -2.18. The van der Waals surface area contributed by atoms with Crippen molar-refractivity contribution in [3.05, 3.63) is 73.8 Å². The molecule has 43 heavy (non-hydrogen) atoms. The molecule has 2 aliphatic heterocycles. The zero-order valence-corrected chi connectivity index (χ0v) is 26.4. The van der Waals surface area contributed by atoms with Crippen LogP contribution in [-0.4, -0.2) is 88.7 Å². The molecule has 0 bridgehead atoms. The molecule has 0 radical (unpaired) electrons. The van der Waals surface area contributed by atoms with Crippen molar-refractivity contribution in [1.29, 1.82) is 0 Å². The van der Waals surface area contributed by atoms with Gasteiger partial charge in [0, 0.05) is 64.0 Å². The first-order valence-corrected chi connectivity index (χ1v) is 16.8. The Balaban J connectivity index is 0.000000236. The predicted octanol–water partition coefficient (Wildman–Crippen LogP) is 2.85. The minimum absolute atomic E-state index is 0.0853. The summed E-state index contributed by atoms with van der Waals surface area (Å²) in [5.41, 5.74) is 1.34. The van der Waals surface area contributed by atoms with Crippen LogP contribution in [-0.2, 0) is 29.6 Å². The van der Waals surface area contributed by atoms with Crippen LogP contribution in [0.15, 0.2) is 83.6 Å². The van der Waals surface area contributed by atoms with Gasteiger partial charge in [-0.2, -0.15) is 8.61 Å². The van der Waals surface area contributed by atoms with Crippen LogP contribution >= 0.6 is 0 Å². The van der Waals surface area contributed by atoms with Gasteiger partial charge in [-0.25, -0.2) is 16.8 Å². The normalized spacial score (nSPS) is 19.1. The highest BCUT2D eigenvalue weighted by molar-refractivity contribution is 7.89. The summed E-state index contributed by atoms with van der Waals surface area (Å²) in [7, 11) is -4.08. The summed E-state index contributed by atoms with van der Waals surface area (Å²) in [6.07, 6.45) is 4.18. The van der Waals surface area contributed by atoms with Crippen molar-refractivity contribution in [3.63, 3.8) is 0 Å². The molecule has 2 saturated heterocycles. The van der Waals surface area contributed by atoms with Crippen molar-refractivity contribution in [2.75, 3.05) is 50.1 Å². The molecular weight excluding hydrogens is 592 g/mol. The van der Waals surface area contributed by atoms with E-state index in [1.165, 1.54) is 45.8 Å². The fourth-order valence-electron chi connectivity index (χ4n) is 4.81. The lowest BCUT2D eigenvalue weighted by atomic mass is 10.1. The van der Waals surface area contributed by atoms with E-state index in [2.05, 4.69) is 13.2 Å². The molecule has 13 heteroatoms. The summed E-state index contributed by atoms with van der Waals surface area (Å²) in [5.74, 6) is -0.140. The number of hydrogen-bond donors (Lipinski definition) is 1. The molecule has 234 valence electrons. The molecule has 2 aliphatic rings. The van der Waals surface area contributed by atoms with Gasteiger partial charge < -0.3 is 14.9 Å². The first kappa shape index (κ1) is 34.1. The van der Waals surface area contributed by atoms with Gasteiger partial charge in [0.1, 0.15) is 6.10 Å². The SMILES string of the molecule is C=CCN(C)S(=O)(=O)c1ccc(N2CC[C@@H](O)C2=O)cc1.C=CCN(C)S(=O)(=O)c1ccc(N2CC[C@H](CC)C2=O)cc1. The molecule has 0 unspecified atom stereocenters. The van der Waals surface area contributed by atoms with Gasteiger partial charge in [0.05, 0.1) is 9.79 Å². The molecular formula is C30H40N4O7S2. The molecule has 2 fully saturated rings. The Morgan fingerprint density at radius 1 is 0.767 bits per heavy atom. The highest BCUT2D eigenvalue weighted by Crippen LogP contribution is 2.28. The predicted molar refractivity (Wildman–Crippen MR) is 167 cm³/mol. The van der Waals surface area contributed by atoms with Crippen LogP contribution in [0.2, 0.25) is 0 Å². The topological polar surface area (TPSA) is 136 Å². The summed E-state index contributed by atoms with van der Waals surface area (Å²) in [5, 5.41) is 9.44. The van der Waals surface area contributed by atoms with Gasteiger partial charge in [0.2, 0.25) is 26.0 Å². The number of amides is 2. The van der Waals surface area contributed by atoms with E-state index in [0.29, 0.717) is 25.2 Å². The number of carbonyl (C=O) groups is 2. The second kappa shape index (κ2) is 14.4. The van der Waals surface area contributed by atoms with Gasteiger partial charge in [-0.1, -0.05) is 19.1 Å². The molecule has 2 amide bonds. The number of anilines is 2. The summed E-state index contributed by atoms with van der Waals surface area (Å²) in [4.78, 5) is 27.5. The summed E-state index contributed by atoms with van der Waals surface area (Å²) < 4.78 is 51.5. The van der Waals surface area contributed by atoms with Crippen LogP contribution in [0, 0.1) is 5.92 Å². The van der Waals surface area contributed by atoms with Gasteiger partial charge in [-0.15, -0.1) is 13.2 Å². The van der Waals surface area contributed by atoms with Crippen LogP contribution in [0.3, 0.4) is 0 Å². The van der Waals surface area contributed by atoms with Crippen molar-refractivity contribution in [2.45, 2.75) is 42.1 Å². The lowest BCUT2D eigenvalue weighted by Crippen LogP contribution is -2.29. The fourth-order valence-corrected chi connectivity index (χ4v) is 7.09. The van der Waals surface area contributed by atoms with Crippen LogP contribution in [0.4, 0.5) is 11.4 Å². The van der Waals surface area contributed by atoms with Crippen LogP contribution < -0.4 is 9.80 Å². The van der Waals surface area contributed by atoms with Crippen LogP contribution in [0.5, 0.6) is 0 Å². The third-order valence-electron chi connectivity index (χ3n) is 7.47. The Kier molecular flexibility index (Phi) is 11.4. The number of rotatable bonds is 11. The van der Waals surface area contributed by atoms with Crippen LogP contribution in [0.1, 0.15) is 26.2 Å². The summed E-state index contributed by atoms with van der Waals surface area (Å²) in [6.45, 7) is 10.7. The Bertz CT molecular complexity index is 1530. The van der Waals surface area contributed by atoms with Gasteiger partial charge >= 0.3 is 0 Å². The standard InChI is InChI=1S/C16H22N2O3S.C14H18N2O4S/c1-4-11-17(3)22(20,21)15-8-6-14(7-9-15)18-12-10-13(5-2)16(18)19;1-3-9-15(2)21(19,20)12-6-4-11(5-7-12)16-10-8-13(17)14(16)18/h4,6-9,13H,1,5,10-12H2,2-3H3;3-7,13,17H,1,8-10H2,2H3/t2*13-/m01/s1. The Hall–Kier alpha value is -3.36. The van der Waals surface area contributed by atoms with E-state index in [0.717, 1.165) is 18.5 Å². The molecule has 0 aliphatic carbocycles. The maximum atomic E-state index is 12.3. The molecule has 2 aromatic carbocycles. The molecule has 0 aromatic heterocycles. The van der Waals surface area contributed by atoms with Crippen LogP contribution in [0.25, 0.3) is 0 Å². The summed E-state index contributed by atoms with van der Waals surface area (Å²) in [6, 6.07) is 12.6.